The maximum atomic E-state index is 10.3. The molecule has 1 saturated heterocycles. The Hall–Kier alpha value is -2.00. The highest BCUT2D eigenvalue weighted by atomic mass is 16.7. The molecule has 0 amide bonds. The van der Waals surface area contributed by atoms with E-state index in [2.05, 4.69) is 10.2 Å². The van der Waals surface area contributed by atoms with Crippen molar-refractivity contribution >= 4 is 0 Å². The quantitative estimate of drug-likeness (QED) is 0.225. The van der Waals surface area contributed by atoms with Gasteiger partial charge in [0.25, 0.3) is 0 Å². The van der Waals surface area contributed by atoms with Crippen LogP contribution in [0.25, 0.3) is 5.69 Å². The first-order chi connectivity index (χ1) is 14.3. The summed E-state index contributed by atoms with van der Waals surface area (Å²) in [7, 11) is 0. The minimum atomic E-state index is -1.71. The Morgan fingerprint density at radius 3 is 2.40 bits per heavy atom. The van der Waals surface area contributed by atoms with Crippen LogP contribution >= 0.6 is 0 Å². The standard InChI is InChI=1S/C18H25N3O9/c22-7-12-15(26)16(27)17(28)18(30-12)29-8-11(23)14(25)13(24)10-6-19-21(20-10)9-4-2-1-3-5-9/h1-6,11-18,22-28H,7-8H2/t11-,12+,13+,14-,15-,16-,17-,18+/m1/s1. The summed E-state index contributed by atoms with van der Waals surface area (Å²) in [5, 5.41) is 77.3. The molecule has 166 valence electrons. The SMILES string of the molecule is OC[C@@H]1O[C@H](OC[C@@H](O)[C@@H](O)[C@@H](O)c2cnn(-c3ccccc3)n2)[C@H](O)[C@H](O)[C@@H]1O. The first-order valence-electron chi connectivity index (χ1n) is 9.27. The smallest absolute Gasteiger partial charge is 0.186 e. The Labute approximate surface area is 171 Å². The van der Waals surface area contributed by atoms with Crippen LogP contribution in [0.4, 0.5) is 0 Å². The van der Waals surface area contributed by atoms with E-state index in [1.165, 1.54) is 11.0 Å². The van der Waals surface area contributed by atoms with Gasteiger partial charge in [0, 0.05) is 0 Å². The van der Waals surface area contributed by atoms with Gasteiger partial charge in [-0.1, -0.05) is 18.2 Å². The van der Waals surface area contributed by atoms with E-state index in [9.17, 15) is 30.6 Å². The summed E-state index contributed by atoms with van der Waals surface area (Å²) < 4.78 is 10.3. The van der Waals surface area contributed by atoms with E-state index < -0.39 is 62.2 Å². The molecular weight excluding hydrogens is 402 g/mol. The number of hydrogen-bond acceptors (Lipinski definition) is 11. The molecule has 30 heavy (non-hydrogen) atoms. The number of benzene rings is 1. The number of rotatable bonds is 8. The van der Waals surface area contributed by atoms with Crippen LogP contribution in [-0.2, 0) is 9.47 Å². The van der Waals surface area contributed by atoms with E-state index in [0.29, 0.717) is 5.69 Å². The van der Waals surface area contributed by atoms with Crippen LogP contribution in [0.15, 0.2) is 36.5 Å². The van der Waals surface area contributed by atoms with E-state index in [0.717, 1.165) is 0 Å². The van der Waals surface area contributed by atoms with Gasteiger partial charge in [-0.2, -0.15) is 15.0 Å². The zero-order valence-electron chi connectivity index (χ0n) is 15.8. The molecule has 2 aromatic rings. The lowest BCUT2D eigenvalue weighted by atomic mass is 9.99. The van der Waals surface area contributed by atoms with E-state index in [-0.39, 0.29) is 5.69 Å². The second-order valence-electron chi connectivity index (χ2n) is 6.93. The van der Waals surface area contributed by atoms with E-state index in [1.54, 1.807) is 24.3 Å². The summed E-state index contributed by atoms with van der Waals surface area (Å²) in [6, 6.07) is 8.87. The fourth-order valence-corrected chi connectivity index (χ4v) is 2.98. The number of ether oxygens (including phenoxy) is 2. The van der Waals surface area contributed by atoms with Crippen LogP contribution in [0.1, 0.15) is 11.8 Å². The number of aliphatic hydroxyl groups excluding tert-OH is 7. The summed E-state index contributed by atoms with van der Waals surface area (Å²) in [4.78, 5) is 1.25. The van der Waals surface area contributed by atoms with Crippen molar-refractivity contribution < 1.29 is 45.2 Å². The molecule has 0 aliphatic carbocycles. The van der Waals surface area contributed by atoms with E-state index in [1.807, 2.05) is 6.07 Å². The first-order valence-corrected chi connectivity index (χ1v) is 9.27. The van der Waals surface area contributed by atoms with Crippen molar-refractivity contribution in [1.82, 2.24) is 15.0 Å². The van der Waals surface area contributed by atoms with Gasteiger partial charge in [0.15, 0.2) is 6.29 Å². The van der Waals surface area contributed by atoms with Gasteiger partial charge >= 0.3 is 0 Å². The Kier molecular flexibility index (Phi) is 7.46. The highest BCUT2D eigenvalue weighted by Crippen LogP contribution is 2.23. The molecular formula is C18H25N3O9. The molecule has 12 heteroatoms. The summed E-state index contributed by atoms with van der Waals surface area (Å²) in [5.41, 5.74) is 0.648. The largest absolute Gasteiger partial charge is 0.394 e. The summed E-state index contributed by atoms with van der Waals surface area (Å²) in [6.45, 7) is -1.22. The van der Waals surface area contributed by atoms with Crippen molar-refractivity contribution in [2.45, 2.75) is 49.0 Å². The van der Waals surface area contributed by atoms with Crippen molar-refractivity contribution in [3.05, 3.63) is 42.2 Å². The molecule has 0 spiro atoms. The van der Waals surface area contributed by atoms with Crippen LogP contribution in [0.3, 0.4) is 0 Å². The molecule has 12 nitrogen and oxygen atoms in total. The van der Waals surface area contributed by atoms with Gasteiger partial charge in [-0.15, -0.1) is 0 Å². The highest BCUT2D eigenvalue weighted by molar-refractivity contribution is 5.28. The van der Waals surface area contributed by atoms with Crippen molar-refractivity contribution in [2.75, 3.05) is 13.2 Å². The topological polar surface area (TPSA) is 191 Å². The lowest BCUT2D eigenvalue weighted by Crippen LogP contribution is -2.59. The van der Waals surface area contributed by atoms with Gasteiger partial charge in [-0.05, 0) is 12.1 Å². The van der Waals surface area contributed by atoms with Crippen molar-refractivity contribution in [3.63, 3.8) is 0 Å². The van der Waals surface area contributed by atoms with Crippen LogP contribution < -0.4 is 0 Å². The third-order valence-corrected chi connectivity index (χ3v) is 4.80. The highest BCUT2D eigenvalue weighted by Gasteiger charge is 2.44. The monoisotopic (exact) mass is 427 g/mol. The Bertz CT molecular complexity index is 790. The Balaban J connectivity index is 1.58. The minimum absolute atomic E-state index is 0.0123. The predicted octanol–water partition coefficient (Wildman–Crippen LogP) is -3.16. The molecule has 0 radical (unpaired) electrons. The number of aromatic nitrogens is 3. The Morgan fingerprint density at radius 1 is 1.03 bits per heavy atom. The minimum Gasteiger partial charge on any atom is -0.394 e. The predicted molar refractivity (Wildman–Crippen MR) is 98.1 cm³/mol. The molecule has 0 bridgehead atoms. The maximum Gasteiger partial charge on any atom is 0.186 e. The molecule has 1 fully saturated rings. The molecule has 1 aliphatic rings. The Morgan fingerprint density at radius 2 is 1.73 bits per heavy atom. The zero-order valence-corrected chi connectivity index (χ0v) is 15.8. The summed E-state index contributed by atoms with van der Waals surface area (Å²) in [6.07, 6.45) is -11.2. The van der Waals surface area contributed by atoms with Crippen molar-refractivity contribution in [3.8, 4) is 5.69 Å². The average molecular weight is 427 g/mol. The van der Waals surface area contributed by atoms with Gasteiger partial charge in [0.05, 0.1) is 25.1 Å². The van der Waals surface area contributed by atoms with Crippen LogP contribution in [-0.4, -0.2) is 107 Å². The molecule has 1 aromatic heterocycles. The van der Waals surface area contributed by atoms with Gasteiger partial charge in [-0.25, -0.2) is 0 Å². The molecule has 3 rings (SSSR count). The lowest BCUT2D eigenvalue weighted by molar-refractivity contribution is -0.306. The van der Waals surface area contributed by atoms with Crippen LogP contribution in [0, 0.1) is 0 Å². The molecule has 1 aliphatic heterocycles. The van der Waals surface area contributed by atoms with E-state index in [4.69, 9.17) is 14.6 Å². The van der Waals surface area contributed by atoms with Gasteiger partial charge in [0.2, 0.25) is 0 Å². The first kappa shape index (κ1) is 22.7. The van der Waals surface area contributed by atoms with Crippen LogP contribution in [0.5, 0.6) is 0 Å². The maximum absolute atomic E-state index is 10.3. The van der Waals surface area contributed by atoms with Crippen LogP contribution in [0.2, 0.25) is 0 Å². The fraction of sp³-hybridized carbons (Fsp3) is 0.556. The number of nitrogens with zero attached hydrogens (tertiary/aromatic N) is 3. The zero-order chi connectivity index (χ0) is 21.8. The molecule has 0 unspecified atom stereocenters. The molecule has 7 N–H and O–H groups in total. The second-order valence-corrected chi connectivity index (χ2v) is 6.93. The summed E-state index contributed by atoms with van der Waals surface area (Å²) in [5.74, 6) is 0. The lowest BCUT2D eigenvalue weighted by Gasteiger charge is -2.40. The van der Waals surface area contributed by atoms with Gasteiger partial charge in [-0.3, -0.25) is 0 Å². The normalized spacial score (nSPS) is 30.0. The van der Waals surface area contributed by atoms with E-state index >= 15 is 0 Å². The summed E-state index contributed by atoms with van der Waals surface area (Å²) >= 11 is 0. The number of aliphatic hydroxyl groups is 7. The number of para-hydroxylation sites is 1. The third kappa shape index (κ3) is 4.83. The van der Waals surface area contributed by atoms with Crippen molar-refractivity contribution in [1.29, 1.82) is 0 Å². The second kappa shape index (κ2) is 9.87. The van der Waals surface area contributed by atoms with Gasteiger partial charge < -0.3 is 45.2 Å². The fourth-order valence-electron chi connectivity index (χ4n) is 2.98. The average Bonchev–Trinajstić information content (AvgIpc) is 3.26. The number of hydrogen-bond donors (Lipinski definition) is 7. The molecule has 2 heterocycles. The van der Waals surface area contributed by atoms with Crippen molar-refractivity contribution in [2.24, 2.45) is 0 Å². The molecule has 0 saturated carbocycles. The van der Waals surface area contributed by atoms with Gasteiger partial charge in [0.1, 0.15) is 48.4 Å². The molecule has 1 aromatic carbocycles. The third-order valence-electron chi connectivity index (χ3n) is 4.80. The molecule has 8 atom stereocenters.